The Labute approximate surface area is 142 Å². The number of para-hydroxylation sites is 1. The van der Waals surface area contributed by atoms with Gasteiger partial charge in [-0.15, -0.1) is 0 Å². The van der Waals surface area contributed by atoms with Crippen LogP contribution in [0.4, 0.5) is 0 Å². The molecule has 0 aliphatic heterocycles. The van der Waals surface area contributed by atoms with Gasteiger partial charge in [0, 0.05) is 11.6 Å². The molecule has 24 heavy (non-hydrogen) atoms. The SMILES string of the molecule is COc1ccccc1/C=C/C(=O)OCC(=O)N[C@@](C)(C#N)C(C)C. The monoisotopic (exact) mass is 330 g/mol. The van der Waals surface area contributed by atoms with Crippen molar-refractivity contribution in [1.29, 1.82) is 5.26 Å². The minimum absolute atomic E-state index is 0.0763. The molecule has 0 radical (unpaired) electrons. The zero-order chi connectivity index (χ0) is 18.2. The van der Waals surface area contributed by atoms with Gasteiger partial charge in [0.15, 0.2) is 6.61 Å². The van der Waals surface area contributed by atoms with Crippen LogP contribution >= 0.6 is 0 Å². The van der Waals surface area contributed by atoms with Crippen molar-refractivity contribution in [3.05, 3.63) is 35.9 Å². The first-order valence-electron chi connectivity index (χ1n) is 7.52. The highest BCUT2D eigenvalue weighted by Crippen LogP contribution is 2.18. The number of carbonyl (C=O) groups excluding carboxylic acids is 2. The van der Waals surface area contributed by atoms with Gasteiger partial charge in [-0.2, -0.15) is 5.26 Å². The van der Waals surface area contributed by atoms with E-state index in [1.54, 1.807) is 25.1 Å². The predicted molar refractivity (Wildman–Crippen MR) is 90.0 cm³/mol. The molecule has 128 valence electrons. The summed E-state index contributed by atoms with van der Waals surface area (Å²) < 4.78 is 10.0. The number of ether oxygens (including phenoxy) is 2. The van der Waals surface area contributed by atoms with Gasteiger partial charge in [0.2, 0.25) is 0 Å². The second-order valence-electron chi connectivity index (χ2n) is 5.70. The Morgan fingerprint density at radius 1 is 1.38 bits per heavy atom. The van der Waals surface area contributed by atoms with E-state index in [1.807, 2.05) is 26.0 Å². The Hall–Kier alpha value is -2.81. The lowest BCUT2D eigenvalue weighted by atomic mass is 9.90. The third-order valence-electron chi connectivity index (χ3n) is 3.67. The van der Waals surface area contributed by atoms with Crippen molar-refractivity contribution in [2.75, 3.05) is 13.7 Å². The van der Waals surface area contributed by atoms with E-state index in [2.05, 4.69) is 11.4 Å². The number of carbonyl (C=O) groups is 2. The van der Waals surface area contributed by atoms with Crippen LogP contribution in [0.2, 0.25) is 0 Å². The average molecular weight is 330 g/mol. The van der Waals surface area contributed by atoms with E-state index in [1.165, 1.54) is 13.2 Å². The Morgan fingerprint density at radius 2 is 2.04 bits per heavy atom. The summed E-state index contributed by atoms with van der Waals surface area (Å²) in [6.45, 7) is 4.83. The van der Waals surface area contributed by atoms with Crippen molar-refractivity contribution >= 4 is 18.0 Å². The van der Waals surface area contributed by atoms with Gasteiger partial charge in [-0.1, -0.05) is 32.0 Å². The van der Waals surface area contributed by atoms with E-state index in [9.17, 15) is 9.59 Å². The molecule has 6 nitrogen and oxygen atoms in total. The molecule has 0 aliphatic carbocycles. The molecule has 0 aromatic heterocycles. The summed E-state index contributed by atoms with van der Waals surface area (Å²) in [4.78, 5) is 23.5. The first-order chi connectivity index (χ1) is 11.3. The Kier molecular flexibility index (Phi) is 6.99. The average Bonchev–Trinajstić information content (AvgIpc) is 2.57. The number of benzene rings is 1. The second kappa shape index (κ2) is 8.73. The van der Waals surface area contributed by atoms with Gasteiger partial charge in [0.05, 0.1) is 13.2 Å². The lowest BCUT2D eigenvalue weighted by molar-refractivity contribution is -0.144. The zero-order valence-electron chi connectivity index (χ0n) is 14.3. The molecule has 0 spiro atoms. The molecule has 0 saturated carbocycles. The number of nitrogens with one attached hydrogen (secondary N) is 1. The summed E-state index contributed by atoms with van der Waals surface area (Å²) in [5.41, 5.74) is -0.283. The van der Waals surface area contributed by atoms with E-state index >= 15 is 0 Å². The van der Waals surface area contributed by atoms with Gasteiger partial charge >= 0.3 is 5.97 Å². The third-order valence-corrected chi connectivity index (χ3v) is 3.67. The molecule has 0 unspecified atom stereocenters. The van der Waals surface area contributed by atoms with Gasteiger partial charge in [-0.25, -0.2) is 4.79 Å². The largest absolute Gasteiger partial charge is 0.496 e. The minimum Gasteiger partial charge on any atom is -0.496 e. The number of methoxy groups -OCH3 is 1. The van der Waals surface area contributed by atoms with Crippen molar-refractivity contribution < 1.29 is 19.1 Å². The van der Waals surface area contributed by atoms with Crippen LogP contribution in [-0.4, -0.2) is 31.1 Å². The first-order valence-corrected chi connectivity index (χ1v) is 7.52. The fourth-order valence-corrected chi connectivity index (χ4v) is 1.77. The Morgan fingerprint density at radius 3 is 2.62 bits per heavy atom. The fourth-order valence-electron chi connectivity index (χ4n) is 1.77. The van der Waals surface area contributed by atoms with E-state index < -0.39 is 24.0 Å². The smallest absolute Gasteiger partial charge is 0.331 e. The zero-order valence-corrected chi connectivity index (χ0v) is 14.3. The van der Waals surface area contributed by atoms with E-state index in [0.29, 0.717) is 5.75 Å². The summed E-state index contributed by atoms with van der Waals surface area (Å²) in [6.07, 6.45) is 2.77. The van der Waals surface area contributed by atoms with Crippen LogP contribution in [0.3, 0.4) is 0 Å². The molecule has 6 heteroatoms. The Balaban J connectivity index is 2.56. The molecule has 1 amide bonds. The van der Waals surface area contributed by atoms with Crippen molar-refractivity contribution in [2.45, 2.75) is 26.3 Å². The van der Waals surface area contributed by atoms with Crippen LogP contribution in [0, 0.1) is 17.2 Å². The summed E-state index contributed by atoms with van der Waals surface area (Å²) in [5, 5.41) is 11.7. The molecule has 1 N–H and O–H groups in total. The number of rotatable bonds is 7. The molecule has 1 aromatic carbocycles. The lowest BCUT2D eigenvalue weighted by Crippen LogP contribution is -2.50. The van der Waals surface area contributed by atoms with Gasteiger partial charge in [-0.05, 0) is 25.0 Å². The number of amides is 1. The molecule has 1 rings (SSSR count). The fraction of sp³-hybridized carbons (Fsp3) is 0.389. The maximum atomic E-state index is 11.8. The van der Waals surface area contributed by atoms with Gasteiger partial charge in [0.1, 0.15) is 11.3 Å². The van der Waals surface area contributed by atoms with Crippen LogP contribution in [0.1, 0.15) is 26.3 Å². The number of nitriles is 1. The number of hydrogen-bond donors (Lipinski definition) is 1. The van der Waals surface area contributed by atoms with Crippen molar-refractivity contribution in [2.24, 2.45) is 5.92 Å². The van der Waals surface area contributed by atoms with E-state index in [-0.39, 0.29) is 5.92 Å². The topological polar surface area (TPSA) is 88.4 Å². The van der Waals surface area contributed by atoms with Crippen LogP contribution in [0.25, 0.3) is 6.08 Å². The summed E-state index contributed by atoms with van der Waals surface area (Å²) in [7, 11) is 1.54. The van der Waals surface area contributed by atoms with Crippen molar-refractivity contribution in [3.8, 4) is 11.8 Å². The Bertz CT molecular complexity index is 661. The number of hydrogen-bond acceptors (Lipinski definition) is 5. The predicted octanol–water partition coefficient (Wildman–Crippen LogP) is 2.31. The van der Waals surface area contributed by atoms with Crippen LogP contribution < -0.4 is 10.1 Å². The molecular weight excluding hydrogens is 308 g/mol. The van der Waals surface area contributed by atoms with Gasteiger partial charge in [0.25, 0.3) is 5.91 Å². The van der Waals surface area contributed by atoms with Crippen LogP contribution in [-0.2, 0) is 14.3 Å². The first kappa shape index (κ1) is 19.2. The number of esters is 1. The van der Waals surface area contributed by atoms with E-state index in [0.717, 1.165) is 5.56 Å². The highest BCUT2D eigenvalue weighted by molar-refractivity contribution is 5.89. The molecule has 0 saturated heterocycles. The standard InChI is InChI=1S/C18H22N2O4/c1-13(2)18(3,12-19)20-16(21)11-24-17(22)10-9-14-7-5-6-8-15(14)23-4/h5-10,13H,11H2,1-4H3,(H,20,21)/b10-9+/t18-/m0/s1. The molecule has 0 heterocycles. The lowest BCUT2D eigenvalue weighted by Gasteiger charge is -2.27. The molecule has 1 atom stereocenters. The van der Waals surface area contributed by atoms with E-state index in [4.69, 9.17) is 14.7 Å². The van der Waals surface area contributed by atoms with Gasteiger partial charge in [-0.3, -0.25) is 4.79 Å². The number of nitrogens with zero attached hydrogens (tertiary/aromatic N) is 1. The molecule has 0 fully saturated rings. The highest BCUT2D eigenvalue weighted by atomic mass is 16.5. The highest BCUT2D eigenvalue weighted by Gasteiger charge is 2.30. The summed E-state index contributed by atoms with van der Waals surface area (Å²) in [6, 6.07) is 9.25. The summed E-state index contributed by atoms with van der Waals surface area (Å²) >= 11 is 0. The molecule has 1 aromatic rings. The second-order valence-corrected chi connectivity index (χ2v) is 5.70. The maximum Gasteiger partial charge on any atom is 0.331 e. The third kappa shape index (κ3) is 5.43. The molecule has 0 bridgehead atoms. The molecule has 0 aliphatic rings. The van der Waals surface area contributed by atoms with Crippen LogP contribution in [0.5, 0.6) is 5.75 Å². The normalized spacial score (nSPS) is 13.2. The van der Waals surface area contributed by atoms with Gasteiger partial charge < -0.3 is 14.8 Å². The summed E-state index contributed by atoms with van der Waals surface area (Å²) in [5.74, 6) is -0.625. The minimum atomic E-state index is -1.00. The van der Waals surface area contributed by atoms with Crippen molar-refractivity contribution in [1.82, 2.24) is 5.32 Å². The molecular formula is C18H22N2O4. The van der Waals surface area contributed by atoms with Crippen LogP contribution in [0.15, 0.2) is 30.3 Å². The van der Waals surface area contributed by atoms with Crippen molar-refractivity contribution in [3.63, 3.8) is 0 Å². The quantitative estimate of drug-likeness (QED) is 0.612. The maximum absolute atomic E-state index is 11.8.